The van der Waals surface area contributed by atoms with Gasteiger partial charge in [0, 0.05) is 19.6 Å². The Bertz CT molecular complexity index is 350. The topological polar surface area (TPSA) is 96.7 Å². The van der Waals surface area contributed by atoms with Gasteiger partial charge in [0.25, 0.3) is 5.91 Å². The zero-order valence-electron chi connectivity index (χ0n) is 11.2. The lowest BCUT2D eigenvalue weighted by Gasteiger charge is -2.35. The smallest absolute Gasteiger partial charge is 0.263 e. The number of carbonyl (C=O) groups is 2. The van der Waals surface area contributed by atoms with E-state index in [1.54, 1.807) is 0 Å². The fraction of sp³-hybridized carbons (Fsp3) is 0.833. The minimum atomic E-state index is -0.450. The van der Waals surface area contributed by atoms with Crippen molar-refractivity contribution in [3.8, 4) is 0 Å². The molecule has 4 N–H and O–H groups in total. The molecule has 3 unspecified atom stereocenters. The lowest BCUT2D eigenvalue weighted by molar-refractivity contribution is -0.135. The van der Waals surface area contributed by atoms with Crippen LogP contribution in [0.25, 0.3) is 0 Å². The van der Waals surface area contributed by atoms with E-state index < -0.39 is 6.10 Å². The monoisotopic (exact) mass is 270 g/mol. The second-order valence-electron chi connectivity index (χ2n) is 5.04. The van der Waals surface area contributed by atoms with E-state index in [-0.39, 0.29) is 24.0 Å². The molecule has 0 saturated carbocycles. The molecule has 19 heavy (non-hydrogen) atoms. The first-order valence-electron chi connectivity index (χ1n) is 6.83. The molecule has 0 aromatic rings. The van der Waals surface area contributed by atoms with Gasteiger partial charge >= 0.3 is 0 Å². The third-order valence-corrected chi connectivity index (χ3v) is 3.81. The molecule has 7 nitrogen and oxygen atoms in total. The van der Waals surface area contributed by atoms with Crippen LogP contribution in [0.3, 0.4) is 0 Å². The standard InChI is InChI=1S/C12H22N4O3/c1-2-9-11(17)14-5-6-16(9)7-8-3-4-10(19-8)12(18)15-13/h8-10H,2-7,13H2,1H3,(H,14,17)(H,15,18). The summed E-state index contributed by atoms with van der Waals surface area (Å²) >= 11 is 0. The van der Waals surface area contributed by atoms with Crippen molar-refractivity contribution in [3.63, 3.8) is 0 Å². The van der Waals surface area contributed by atoms with Crippen LogP contribution in [-0.2, 0) is 14.3 Å². The summed E-state index contributed by atoms with van der Waals surface area (Å²) in [4.78, 5) is 25.3. The summed E-state index contributed by atoms with van der Waals surface area (Å²) in [5.74, 6) is 4.91. The van der Waals surface area contributed by atoms with Gasteiger partial charge in [-0.15, -0.1) is 0 Å². The fourth-order valence-electron chi connectivity index (χ4n) is 2.81. The molecule has 2 amide bonds. The first-order valence-corrected chi connectivity index (χ1v) is 6.83. The normalized spacial score (nSPS) is 32.1. The Morgan fingerprint density at radius 3 is 3.05 bits per heavy atom. The molecule has 2 aliphatic rings. The Morgan fingerprint density at radius 2 is 2.37 bits per heavy atom. The summed E-state index contributed by atoms with van der Waals surface area (Å²) in [5, 5.41) is 2.87. The molecule has 2 heterocycles. The minimum Gasteiger partial charge on any atom is -0.364 e. The van der Waals surface area contributed by atoms with Crippen molar-refractivity contribution in [1.29, 1.82) is 0 Å². The number of nitrogens with zero attached hydrogens (tertiary/aromatic N) is 1. The molecular weight excluding hydrogens is 248 g/mol. The molecule has 0 aromatic heterocycles. The number of rotatable bonds is 4. The van der Waals surface area contributed by atoms with Crippen LogP contribution < -0.4 is 16.6 Å². The molecule has 108 valence electrons. The van der Waals surface area contributed by atoms with Gasteiger partial charge in [-0.2, -0.15) is 0 Å². The van der Waals surface area contributed by atoms with Crippen LogP contribution in [0.4, 0.5) is 0 Å². The van der Waals surface area contributed by atoms with Crippen LogP contribution in [0.2, 0.25) is 0 Å². The molecule has 0 aromatic carbocycles. The summed E-state index contributed by atoms with van der Waals surface area (Å²) in [6.07, 6.45) is 1.85. The van der Waals surface area contributed by atoms with Crippen molar-refractivity contribution in [2.45, 2.75) is 44.4 Å². The molecule has 2 fully saturated rings. The van der Waals surface area contributed by atoms with Crippen molar-refractivity contribution >= 4 is 11.8 Å². The van der Waals surface area contributed by atoms with E-state index in [4.69, 9.17) is 10.6 Å². The first-order chi connectivity index (χ1) is 9.15. The van der Waals surface area contributed by atoms with Gasteiger partial charge in [0.05, 0.1) is 12.1 Å². The average molecular weight is 270 g/mol. The molecule has 2 saturated heterocycles. The lowest BCUT2D eigenvalue weighted by Crippen LogP contribution is -2.56. The number of amides is 2. The molecule has 2 rings (SSSR count). The van der Waals surface area contributed by atoms with Crippen LogP contribution in [0.15, 0.2) is 0 Å². The van der Waals surface area contributed by atoms with E-state index in [0.717, 1.165) is 19.4 Å². The molecule has 3 atom stereocenters. The van der Waals surface area contributed by atoms with Crippen molar-refractivity contribution in [2.75, 3.05) is 19.6 Å². The van der Waals surface area contributed by atoms with Crippen molar-refractivity contribution in [1.82, 2.24) is 15.6 Å². The summed E-state index contributed by atoms with van der Waals surface area (Å²) in [6, 6.07) is -0.0836. The first kappa shape index (κ1) is 14.2. The highest BCUT2D eigenvalue weighted by atomic mass is 16.5. The average Bonchev–Trinajstić information content (AvgIpc) is 2.87. The number of nitrogens with one attached hydrogen (secondary N) is 2. The van der Waals surface area contributed by atoms with E-state index in [0.29, 0.717) is 19.5 Å². The third kappa shape index (κ3) is 3.23. The second kappa shape index (κ2) is 6.31. The van der Waals surface area contributed by atoms with Crippen molar-refractivity contribution in [3.05, 3.63) is 0 Å². The quantitative estimate of drug-likeness (QED) is 0.336. The number of ether oxygens (including phenoxy) is 1. The number of nitrogens with two attached hydrogens (primary N) is 1. The van der Waals surface area contributed by atoms with E-state index in [9.17, 15) is 9.59 Å². The highest BCUT2D eigenvalue weighted by Crippen LogP contribution is 2.22. The van der Waals surface area contributed by atoms with E-state index in [2.05, 4.69) is 15.6 Å². The molecule has 2 aliphatic heterocycles. The second-order valence-corrected chi connectivity index (χ2v) is 5.04. The van der Waals surface area contributed by atoms with Crippen LogP contribution in [0.1, 0.15) is 26.2 Å². The molecule has 0 aliphatic carbocycles. The molecule has 7 heteroatoms. The van der Waals surface area contributed by atoms with Crippen molar-refractivity contribution in [2.24, 2.45) is 5.84 Å². The number of hydrogen-bond acceptors (Lipinski definition) is 5. The molecule has 0 radical (unpaired) electrons. The Morgan fingerprint density at radius 1 is 1.58 bits per heavy atom. The largest absolute Gasteiger partial charge is 0.364 e. The van der Waals surface area contributed by atoms with Gasteiger partial charge in [-0.3, -0.25) is 19.9 Å². The molecular formula is C12H22N4O3. The number of piperazine rings is 1. The van der Waals surface area contributed by atoms with Gasteiger partial charge in [-0.25, -0.2) is 5.84 Å². The summed E-state index contributed by atoms with van der Waals surface area (Å²) in [6.45, 7) is 4.20. The maximum atomic E-state index is 11.8. The van der Waals surface area contributed by atoms with Crippen LogP contribution in [0, 0.1) is 0 Å². The highest BCUT2D eigenvalue weighted by Gasteiger charge is 2.35. The Labute approximate surface area is 112 Å². The van der Waals surface area contributed by atoms with Crippen LogP contribution in [0.5, 0.6) is 0 Å². The Hall–Kier alpha value is -1.18. The number of hydrazine groups is 1. The van der Waals surface area contributed by atoms with Gasteiger partial charge in [0.15, 0.2) is 0 Å². The van der Waals surface area contributed by atoms with Crippen molar-refractivity contribution < 1.29 is 14.3 Å². The highest BCUT2D eigenvalue weighted by molar-refractivity contribution is 5.82. The fourth-order valence-corrected chi connectivity index (χ4v) is 2.81. The molecule has 0 spiro atoms. The summed E-state index contributed by atoms with van der Waals surface area (Å²) < 4.78 is 5.68. The van der Waals surface area contributed by atoms with Crippen LogP contribution >= 0.6 is 0 Å². The van der Waals surface area contributed by atoms with Crippen LogP contribution in [-0.4, -0.2) is 54.6 Å². The Kier molecular flexibility index (Phi) is 4.73. The van der Waals surface area contributed by atoms with Gasteiger partial charge in [-0.1, -0.05) is 6.92 Å². The predicted octanol–water partition coefficient (Wildman–Crippen LogP) is -1.27. The zero-order valence-corrected chi connectivity index (χ0v) is 11.2. The lowest BCUT2D eigenvalue weighted by atomic mass is 10.1. The van der Waals surface area contributed by atoms with E-state index >= 15 is 0 Å². The summed E-state index contributed by atoms with van der Waals surface area (Å²) in [5.41, 5.74) is 2.12. The van der Waals surface area contributed by atoms with Gasteiger partial charge in [-0.05, 0) is 19.3 Å². The third-order valence-electron chi connectivity index (χ3n) is 3.81. The number of hydrogen-bond donors (Lipinski definition) is 3. The Balaban J connectivity index is 1.87. The summed E-state index contributed by atoms with van der Waals surface area (Å²) in [7, 11) is 0. The minimum absolute atomic E-state index is 0.00208. The predicted molar refractivity (Wildman–Crippen MR) is 68.9 cm³/mol. The zero-order chi connectivity index (χ0) is 13.8. The maximum Gasteiger partial charge on any atom is 0.263 e. The van der Waals surface area contributed by atoms with Gasteiger partial charge < -0.3 is 10.1 Å². The SMILES string of the molecule is CCC1C(=O)NCCN1CC1CCC(C(=O)NN)O1. The maximum absolute atomic E-state index is 11.8. The molecule has 0 bridgehead atoms. The van der Waals surface area contributed by atoms with Gasteiger partial charge in [0.1, 0.15) is 6.10 Å². The van der Waals surface area contributed by atoms with E-state index in [1.807, 2.05) is 6.92 Å². The number of carbonyl (C=O) groups excluding carboxylic acids is 2. The van der Waals surface area contributed by atoms with Gasteiger partial charge in [0.2, 0.25) is 5.91 Å². The van der Waals surface area contributed by atoms with E-state index in [1.165, 1.54) is 0 Å².